The van der Waals surface area contributed by atoms with Crippen LogP contribution in [0.5, 0.6) is 17.5 Å². The standard InChI is InChI=1S/C8H8N4O2/c1-13-6-2-4-7(5-3-6)14-8-9-11-12-10-8/h2-5H,1H3,(H,9,10,11,12). The van der Waals surface area contributed by atoms with Crippen molar-refractivity contribution in [3.8, 4) is 17.5 Å². The summed E-state index contributed by atoms with van der Waals surface area (Å²) in [4.78, 5) is 0. The highest BCUT2D eigenvalue weighted by atomic mass is 16.5. The Morgan fingerprint density at radius 1 is 1.14 bits per heavy atom. The predicted molar refractivity (Wildman–Crippen MR) is 47.2 cm³/mol. The molecule has 0 radical (unpaired) electrons. The topological polar surface area (TPSA) is 72.9 Å². The average Bonchev–Trinajstić information content (AvgIpc) is 2.72. The van der Waals surface area contributed by atoms with Crippen molar-refractivity contribution in [2.45, 2.75) is 0 Å². The number of tetrazole rings is 1. The van der Waals surface area contributed by atoms with E-state index in [1.54, 1.807) is 31.4 Å². The smallest absolute Gasteiger partial charge is 0.361 e. The molecule has 0 atom stereocenters. The van der Waals surface area contributed by atoms with Crippen LogP contribution in [0.1, 0.15) is 0 Å². The Hall–Kier alpha value is -2.11. The minimum atomic E-state index is 0.190. The van der Waals surface area contributed by atoms with Gasteiger partial charge in [-0.1, -0.05) is 10.2 Å². The quantitative estimate of drug-likeness (QED) is 0.785. The molecular weight excluding hydrogens is 184 g/mol. The van der Waals surface area contributed by atoms with Crippen molar-refractivity contribution >= 4 is 0 Å². The SMILES string of the molecule is COc1ccc(Oc2nn[nH]n2)cc1. The van der Waals surface area contributed by atoms with E-state index in [0.29, 0.717) is 5.75 Å². The minimum absolute atomic E-state index is 0.190. The highest BCUT2D eigenvalue weighted by molar-refractivity contribution is 5.32. The van der Waals surface area contributed by atoms with Gasteiger partial charge in [0.2, 0.25) is 0 Å². The summed E-state index contributed by atoms with van der Waals surface area (Å²) in [6.45, 7) is 0. The lowest BCUT2D eigenvalue weighted by Crippen LogP contribution is -1.87. The fourth-order valence-corrected chi connectivity index (χ4v) is 0.945. The van der Waals surface area contributed by atoms with Gasteiger partial charge in [0, 0.05) is 0 Å². The second-order valence-corrected chi connectivity index (χ2v) is 2.47. The molecule has 0 spiro atoms. The number of aromatic nitrogens is 4. The third-order valence-electron chi connectivity index (χ3n) is 1.59. The maximum absolute atomic E-state index is 5.25. The second kappa shape index (κ2) is 3.73. The molecule has 1 heterocycles. The van der Waals surface area contributed by atoms with E-state index in [-0.39, 0.29) is 6.01 Å². The molecule has 0 aliphatic carbocycles. The lowest BCUT2D eigenvalue weighted by Gasteiger charge is -2.01. The van der Waals surface area contributed by atoms with Crippen molar-refractivity contribution in [1.82, 2.24) is 20.6 Å². The molecule has 1 aromatic heterocycles. The van der Waals surface area contributed by atoms with E-state index < -0.39 is 0 Å². The largest absolute Gasteiger partial charge is 0.497 e. The number of aromatic amines is 1. The van der Waals surface area contributed by atoms with Gasteiger partial charge in [-0.15, -0.1) is 0 Å². The highest BCUT2D eigenvalue weighted by Gasteiger charge is 2.00. The molecule has 6 heteroatoms. The van der Waals surface area contributed by atoms with Crippen LogP contribution < -0.4 is 9.47 Å². The van der Waals surface area contributed by atoms with Crippen molar-refractivity contribution in [2.75, 3.05) is 7.11 Å². The number of hydrogen-bond donors (Lipinski definition) is 1. The van der Waals surface area contributed by atoms with E-state index in [2.05, 4.69) is 20.6 Å². The molecule has 0 saturated carbocycles. The third kappa shape index (κ3) is 1.79. The van der Waals surface area contributed by atoms with Crippen molar-refractivity contribution in [2.24, 2.45) is 0 Å². The molecule has 2 rings (SSSR count). The molecule has 0 bridgehead atoms. The maximum atomic E-state index is 5.25. The molecule has 1 aromatic carbocycles. The first-order valence-electron chi connectivity index (χ1n) is 3.94. The van der Waals surface area contributed by atoms with Crippen LogP contribution in [0, 0.1) is 0 Å². The first-order chi connectivity index (χ1) is 6.88. The Labute approximate surface area is 79.9 Å². The summed E-state index contributed by atoms with van der Waals surface area (Å²) in [7, 11) is 1.61. The van der Waals surface area contributed by atoms with Gasteiger partial charge in [0.25, 0.3) is 0 Å². The van der Waals surface area contributed by atoms with Crippen LogP contribution in [0.4, 0.5) is 0 Å². The van der Waals surface area contributed by atoms with Crippen molar-refractivity contribution in [3.63, 3.8) is 0 Å². The van der Waals surface area contributed by atoms with Gasteiger partial charge >= 0.3 is 6.01 Å². The number of ether oxygens (including phenoxy) is 2. The number of nitrogens with zero attached hydrogens (tertiary/aromatic N) is 3. The Kier molecular flexibility index (Phi) is 2.26. The van der Waals surface area contributed by atoms with Gasteiger partial charge in [0.05, 0.1) is 7.11 Å². The van der Waals surface area contributed by atoms with Crippen LogP contribution in [0.3, 0.4) is 0 Å². The lowest BCUT2D eigenvalue weighted by molar-refractivity contribution is 0.410. The molecule has 0 saturated heterocycles. The maximum Gasteiger partial charge on any atom is 0.361 e. The fourth-order valence-electron chi connectivity index (χ4n) is 0.945. The van der Waals surface area contributed by atoms with Gasteiger partial charge in [-0.05, 0) is 29.5 Å². The van der Waals surface area contributed by atoms with E-state index in [4.69, 9.17) is 9.47 Å². The average molecular weight is 192 g/mol. The van der Waals surface area contributed by atoms with Crippen molar-refractivity contribution < 1.29 is 9.47 Å². The lowest BCUT2D eigenvalue weighted by atomic mass is 10.3. The molecule has 0 aliphatic rings. The van der Waals surface area contributed by atoms with Crippen LogP contribution in [-0.2, 0) is 0 Å². The number of rotatable bonds is 3. The van der Waals surface area contributed by atoms with E-state index in [1.807, 2.05) is 0 Å². The number of H-pyrrole nitrogens is 1. The first-order valence-corrected chi connectivity index (χ1v) is 3.94. The predicted octanol–water partition coefficient (Wildman–Crippen LogP) is 1.00. The molecule has 0 amide bonds. The van der Waals surface area contributed by atoms with Crippen molar-refractivity contribution in [1.29, 1.82) is 0 Å². The van der Waals surface area contributed by atoms with E-state index >= 15 is 0 Å². The minimum Gasteiger partial charge on any atom is -0.497 e. The Bertz CT molecular complexity index is 384. The zero-order valence-electron chi connectivity index (χ0n) is 7.47. The highest BCUT2D eigenvalue weighted by Crippen LogP contribution is 2.20. The van der Waals surface area contributed by atoms with Crippen LogP contribution in [0.15, 0.2) is 24.3 Å². The summed E-state index contributed by atoms with van der Waals surface area (Å²) in [5.74, 6) is 1.40. The van der Waals surface area contributed by atoms with Gasteiger partial charge in [-0.25, -0.2) is 0 Å². The normalized spacial score (nSPS) is 9.79. The molecule has 0 unspecified atom stereocenters. The van der Waals surface area contributed by atoms with Crippen LogP contribution >= 0.6 is 0 Å². The zero-order chi connectivity index (χ0) is 9.80. The summed E-state index contributed by atoms with van der Waals surface area (Å²) in [5, 5.41) is 13.0. The van der Waals surface area contributed by atoms with Gasteiger partial charge in [-0.3, -0.25) is 0 Å². The molecule has 14 heavy (non-hydrogen) atoms. The Balaban J connectivity index is 2.10. The summed E-state index contributed by atoms with van der Waals surface area (Å²) in [6, 6.07) is 7.28. The number of nitrogens with one attached hydrogen (secondary N) is 1. The number of hydrogen-bond acceptors (Lipinski definition) is 5. The van der Waals surface area contributed by atoms with Gasteiger partial charge in [-0.2, -0.15) is 5.21 Å². The second-order valence-electron chi connectivity index (χ2n) is 2.47. The molecule has 2 aromatic rings. The summed E-state index contributed by atoms with van der Waals surface area (Å²) in [6.07, 6.45) is 0. The van der Waals surface area contributed by atoms with E-state index in [9.17, 15) is 0 Å². The molecule has 72 valence electrons. The molecule has 1 N–H and O–H groups in total. The molecule has 6 nitrogen and oxygen atoms in total. The van der Waals surface area contributed by atoms with Crippen LogP contribution in [0.2, 0.25) is 0 Å². The molecule has 0 aliphatic heterocycles. The van der Waals surface area contributed by atoms with Gasteiger partial charge in [0.15, 0.2) is 0 Å². The zero-order valence-corrected chi connectivity index (χ0v) is 7.47. The first kappa shape index (κ1) is 8.49. The fraction of sp³-hybridized carbons (Fsp3) is 0.125. The summed E-state index contributed by atoms with van der Waals surface area (Å²) < 4.78 is 10.2. The summed E-state index contributed by atoms with van der Waals surface area (Å²) in [5.41, 5.74) is 0. The number of methoxy groups -OCH3 is 1. The Morgan fingerprint density at radius 3 is 2.43 bits per heavy atom. The molecular formula is C8H8N4O2. The van der Waals surface area contributed by atoms with Crippen LogP contribution in [0.25, 0.3) is 0 Å². The van der Waals surface area contributed by atoms with Gasteiger partial charge < -0.3 is 9.47 Å². The summed E-state index contributed by atoms with van der Waals surface area (Å²) >= 11 is 0. The number of benzene rings is 1. The monoisotopic (exact) mass is 192 g/mol. The molecule has 0 fully saturated rings. The van der Waals surface area contributed by atoms with Gasteiger partial charge in [0.1, 0.15) is 11.5 Å². The Morgan fingerprint density at radius 2 is 1.86 bits per heavy atom. The third-order valence-corrected chi connectivity index (χ3v) is 1.59. The van der Waals surface area contributed by atoms with Crippen LogP contribution in [-0.4, -0.2) is 27.7 Å². The van der Waals surface area contributed by atoms with E-state index in [1.165, 1.54) is 0 Å². The van der Waals surface area contributed by atoms with Crippen molar-refractivity contribution in [3.05, 3.63) is 24.3 Å². The van der Waals surface area contributed by atoms with E-state index in [0.717, 1.165) is 5.75 Å².